The maximum absolute atomic E-state index is 12.0. The highest BCUT2D eigenvalue weighted by molar-refractivity contribution is 7.93. The molecule has 7 heteroatoms. The molecule has 96 valence electrons. The van der Waals surface area contributed by atoms with Gasteiger partial charge in [0.2, 0.25) is 0 Å². The quantitative estimate of drug-likeness (QED) is 0.836. The minimum Gasteiger partial charge on any atom is -0.399 e. The van der Waals surface area contributed by atoms with Crippen LogP contribution in [0.4, 0.5) is 10.8 Å². The first-order valence-corrected chi connectivity index (χ1v) is 7.76. The summed E-state index contributed by atoms with van der Waals surface area (Å²) in [5, 5.41) is 0.244. The van der Waals surface area contributed by atoms with Crippen LogP contribution in [-0.4, -0.2) is 19.2 Å². The van der Waals surface area contributed by atoms with Crippen LogP contribution in [-0.2, 0) is 9.84 Å². The molecule has 2 rings (SSSR count). The van der Waals surface area contributed by atoms with E-state index in [2.05, 4.69) is 4.98 Å². The third kappa shape index (κ3) is 2.32. The van der Waals surface area contributed by atoms with E-state index < -0.39 is 9.84 Å². The predicted octanol–water partition coefficient (Wildman–Crippen LogP) is 1.77. The van der Waals surface area contributed by atoms with E-state index in [9.17, 15) is 8.42 Å². The zero-order chi connectivity index (χ0) is 13.3. The van der Waals surface area contributed by atoms with Gasteiger partial charge in [0, 0.05) is 11.3 Å². The number of aromatic nitrogens is 1. The Morgan fingerprint density at radius 1 is 1.22 bits per heavy atom. The third-order valence-electron chi connectivity index (χ3n) is 2.46. The van der Waals surface area contributed by atoms with Crippen LogP contribution in [0.25, 0.3) is 11.3 Å². The maximum Gasteiger partial charge on any atom is 0.189 e. The van der Waals surface area contributed by atoms with Gasteiger partial charge in [-0.1, -0.05) is 30.4 Å². The van der Waals surface area contributed by atoms with Gasteiger partial charge in [-0.3, -0.25) is 0 Å². The van der Waals surface area contributed by atoms with Crippen LogP contribution >= 0.6 is 11.3 Å². The van der Waals surface area contributed by atoms with Crippen LogP contribution in [0.3, 0.4) is 0 Å². The summed E-state index contributed by atoms with van der Waals surface area (Å²) in [5.74, 6) is 0.0244. The fourth-order valence-electron chi connectivity index (χ4n) is 1.49. The van der Waals surface area contributed by atoms with Crippen molar-refractivity contribution >= 4 is 32.0 Å². The highest BCUT2D eigenvalue weighted by Gasteiger charge is 2.22. The van der Waals surface area contributed by atoms with Crippen molar-refractivity contribution in [2.75, 3.05) is 17.2 Å². The topological polar surface area (TPSA) is 99.1 Å². The number of hydrogen-bond donors (Lipinski definition) is 2. The minimum atomic E-state index is -3.32. The van der Waals surface area contributed by atoms with Crippen LogP contribution in [0.1, 0.15) is 6.92 Å². The van der Waals surface area contributed by atoms with Crippen LogP contribution in [0.5, 0.6) is 0 Å². The van der Waals surface area contributed by atoms with Crippen LogP contribution in [0.15, 0.2) is 28.5 Å². The first-order chi connectivity index (χ1) is 8.44. The lowest BCUT2D eigenvalue weighted by Crippen LogP contribution is -2.03. The van der Waals surface area contributed by atoms with Crippen molar-refractivity contribution < 1.29 is 8.42 Å². The molecule has 0 bridgehead atoms. The maximum atomic E-state index is 12.0. The summed E-state index contributed by atoms with van der Waals surface area (Å²) >= 11 is 0.992. The van der Waals surface area contributed by atoms with E-state index in [1.165, 1.54) is 0 Å². The molecule has 0 fully saturated rings. The number of nitrogen functional groups attached to an aromatic ring is 2. The SMILES string of the molecule is CCS(=O)(=O)c1sc(N)nc1-c1ccc(N)cc1. The van der Waals surface area contributed by atoms with E-state index in [0.29, 0.717) is 16.9 Å². The van der Waals surface area contributed by atoms with Crippen molar-refractivity contribution in [3.05, 3.63) is 24.3 Å². The molecule has 2 aromatic rings. The summed E-state index contributed by atoms with van der Waals surface area (Å²) in [7, 11) is -3.32. The van der Waals surface area contributed by atoms with Gasteiger partial charge < -0.3 is 11.5 Å². The van der Waals surface area contributed by atoms with Gasteiger partial charge in [0.1, 0.15) is 9.90 Å². The number of hydrogen-bond acceptors (Lipinski definition) is 6. The molecule has 0 saturated heterocycles. The number of nitrogens with two attached hydrogens (primary N) is 2. The molecule has 0 saturated carbocycles. The van der Waals surface area contributed by atoms with Crippen LogP contribution in [0, 0.1) is 0 Å². The predicted molar refractivity (Wildman–Crippen MR) is 74.1 cm³/mol. The average Bonchev–Trinajstić information content (AvgIpc) is 2.73. The van der Waals surface area contributed by atoms with Crippen molar-refractivity contribution in [3.8, 4) is 11.3 Å². The molecule has 18 heavy (non-hydrogen) atoms. The van der Waals surface area contributed by atoms with Crippen molar-refractivity contribution in [3.63, 3.8) is 0 Å². The van der Waals surface area contributed by atoms with E-state index in [1.54, 1.807) is 31.2 Å². The van der Waals surface area contributed by atoms with Gasteiger partial charge in [0.15, 0.2) is 15.0 Å². The lowest BCUT2D eigenvalue weighted by atomic mass is 10.1. The summed E-state index contributed by atoms with van der Waals surface area (Å²) in [6, 6.07) is 6.87. The first-order valence-electron chi connectivity index (χ1n) is 5.29. The van der Waals surface area contributed by atoms with E-state index in [4.69, 9.17) is 11.5 Å². The van der Waals surface area contributed by atoms with E-state index in [0.717, 1.165) is 11.3 Å². The second-order valence-electron chi connectivity index (χ2n) is 3.71. The Kier molecular flexibility index (Phi) is 3.27. The number of anilines is 2. The van der Waals surface area contributed by atoms with E-state index in [1.807, 2.05) is 0 Å². The van der Waals surface area contributed by atoms with Crippen LogP contribution in [0.2, 0.25) is 0 Å². The normalized spacial score (nSPS) is 11.6. The molecule has 4 N–H and O–H groups in total. The van der Waals surface area contributed by atoms with Crippen molar-refractivity contribution in [1.82, 2.24) is 4.98 Å². The lowest BCUT2D eigenvalue weighted by Gasteiger charge is -2.02. The molecular weight excluding hydrogens is 270 g/mol. The van der Waals surface area contributed by atoms with Crippen molar-refractivity contribution in [1.29, 1.82) is 0 Å². The van der Waals surface area contributed by atoms with Gasteiger partial charge >= 0.3 is 0 Å². The van der Waals surface area contributed by atoms with Gasteiger partial charge in [-0.05, 0) is 12.1 Å². The number of rotatable bonds is 3. The molecule has 0 amide bonds. The fraction of sp³-hybridized carbons (Fsp3) is 0.182. The molecule has 0 unspecified atom stereocenters. The Labute approximate surface area is 109 Å². The molecule has 0 spiro atoms. The lowest BCUT2D eigenvalue weighted by molar-refractivity contribution is 0.599. The van der Waals surface area contributed by atoms with E-state index >= 15 is 0 Å². The standard InChI is InChI=1S/C11H13N3O2S2/c1-2-18(15,16)10-9(14-11(13)17-10)7-3-5-8(12)6-4-7/h3-6H,2,12H2,1H3,(H2,13,14). The third-order valence-corrected chi connectivity index (χ3v) is 5.67. The molecule has 0 aliphatic rings. The monoisotopic (exact) mass is 283 g/mol. The van der Waals surface area contributed by atoms with Gasteiger partial charge in [-0.15, -0.1) is 0 Å². The summed E-state index contributed by atoms with van der Waals surface area (Å²) in [6.45, 7) is 1.60. The van der Waals surface area contributed by atoms with Gasteiger partial charge in [-0.25, -0.2) is 13.4 Å². The molecule has 0 radical (unpaired) electrons. The Hall–Kier alpha value is -1.60. The number of thiazole rings is 1. The fourth-order valence-corrected chi connectivity index (χ4v) is 3.91. The Morgan fingerprint density at radius 2 is 1.83 bits per heavy atom. The summed E-state index contributed by atoms with van der Waals surface area (Å²) < 4.78 is 24.1. The zero-order valence-corrected chi connectivity index (χ0v) is 11.4. The highest BCUT2D eigenvalue weighted by Crippen LogP contribution is 2.34. The van der Waals surface area contributed by atoms with Crippen LogP contribution < -0.4 is 11.5 Å². The molecule has 0 aliphatic heterocycles. The number of sulfone groups is 1. The molecule has 1 heterocycles. The average molecular weight is 283 g/mol. The summed E-state index contributed by atoms with van der Waals surface area (Å²) in [6.07, 6.45) is 0. The molecule has 0 aliphatic carbocycles. The largest absolute Gasteiger partial charge is 0.399 e. The van der Waals surface area contributed by atoms with Gasteiger partial charge in [0.05, 0.1) is 5.75 Å². The number of benzene rings is 1. The Bertz CT molecular complexity index is 660. The Balaban J connectivity index is 2.62. The highest BCUT2D eigenvalue weighted by atomic mass is 32.2. The number of nitrogens with zero attached hydrogens (tertiary/aromatic N) is 1. The molecule has 5 nitrogen and oxygen atoms in total. The van der Waals surface area contributed by atoms with Crippen molar-refractivity contribution in [2.45, 2.75) is 11.1 Å². The Morgan fingerprint density at radius 3 is 2.39 bits per heavy atom. The minimum absolute atomic E-state index is 0.0244. The molecule has 1 aromatic heterocycles. The van der Waals surface area contributed by atoms with Gasteiger partial charge in [-0.2, -0.15) is 0 Å². The first kappa shape index (κ1) is 12.8. The molecule has 1 aromatic carbocycles. The van der Waals surface area contributed by atoms with Crippen molar-refractivity contribution in [2.24, 2.45) is 0 Å². The summed E-state index contributed by atoms with van der Waals surface area (Å²) in [5.41, 5.74) is 12.9. The van der Waals surface area contributed by atoms with E-state index in [-0.39, 0.29) is 15.1 Å². The smallest absolute Gasteiger partial charge is 0.189 e. The second kappa shape index (κ2) is 4.58. The van der Waals surface area contributed by atoms with Gasteiger partial charge in [0.25, 0.3) is 0 Å². The second-order valence-corrected chi connectivity index (χ2v) is 7.22. The molecular formula is C11H13N3O2S2. The molecule has 0 atom stereocenters. The summed E-state index contributed by atoms with van der Waals surface area (Å²) in [4.78, 5) is 4.10. The zero-order valence-electron chi connectivity index (χ0n) is 9.75.